The molecule has 0 spiro atoms. The average Bonchev–Trinajstić information content (AvgIpc) is 2.47. The van der Waals surface area contributed by atoms with Crippen LogP contribution in [0.4, 0.5) is 4.39 Å². The Labute approximate surface area is 137 Å². The summed E-state index contributed by atoms with van der Waals surface area (Å²) < 4.78 is 12.8. The normalized spacial score (nSPS) is 20.0. The zero-order chi connectivity index (χ0) is 15.2. The van der Waals surface area contributed by atoms with Gasteiger partial charge in [0.1, 0.15) is 5.82 Å². The van der Waals surface area contributed by atoms with Crippen molar-refractivity contribution < 1.29 is 9.18 Å². The van der Waals surface area contributed by atoms with Gasteiger partial charge in [0.2, 0.25) is 5.91 Å². The highest BCUT2D eigenvalue weighted by Crippen LogP contribution is 2.18. The van der Waals surface area contributed by atoms with E-state index in [4.69, 9.17) is 5.73 Å². The summed E-state index contributed by atoms with van der Waals surface area (Å²) in [7, 11) is 0. The van der Waals surface area contributed by atoms with Crippen LogP contribution in [-0.2, 0) is 11.3 Å². The van der Waals surface area contributed by atoms with Crippen molar-refractivity contribution in [3.63, 3.8) is 0 Å². The molecule has 1 saturated heterocycles. The van der Waals surface area contributed by atoms with Crippen LogP contribution in [0.25, 0.3) is 0 Å². The van der Waals surface area contributed by atoms with Gasteiger partial charge in [-0.25, -0.2) is 4.39 Å². The van der Waals surface area contributed by atoms with Crippen molar-refractivity contribution in [1.29, 1.82) is 0 Å². The quantitative estimate of drug-likeness (QED) is 0.867. The molecule has 1 heterocycles. The third-order valence-electron chi connectivity index (χ3n) is 4.06. The molecule has 6 heteroatoms. The summed E-state index contributed by atoms with van der Waals surface area (Å²) in [5, 5.41) is 2.88. The van der Waals surface area contributed by atoms with Crippen molar-refractivity contribution in [2.75, 3.05) is 19.6 Å². The Bertz CT molecular complexity index is 467. The molecular formula is C16H25ClFN3O. The van der Waals surface area contributed by atoms with E-state index in [-0.39, 0.29) is 30.2 Å². The summed E-state index contributed by atoms with van der Waals surface area (Å²) in [6.45, 7) is 4.71. The van der Waals surface area contributed by atoms with E-state index in [1.54, 1.807) is 12.1 Å². The smallest absolute Gasteiger partial charge is 0.234 e. The molecule has 0 aliphatic carbocycles. The molecule has 0 saturated carbocycles. The van der Waals surface area contributed by atoms with Crippen LogP contribution >= 0.6 is 12.4 Å². The number of hydrogen-bond acceptors (Lipinski definition) is 3. The Morgan fingerprint density at radius 1 is 1.45 bits per heavy atom. The summed E-state index contributed by atoms with van der Waals surface area (Å²) in [4.78, 5) is 14.1. The first-order valence-corrected chi connectivity index (χ1v) is 7.53. The number of amides is 1. The Balaban J connectivity index is 0.00000242. The molecule has 1 aromatic rings. The maximum Gasteiger partial charge on any atom is 0.234 e. The van der Waals surface area contributed by atoms with Gasteiger partial charge in [-0.05, 0) is 49.9 Å². The molecule has 1 aliphatic heterocycles. The first-order valence-electron chi connectivity index (χ1n) is 7.53. The van der Waals surface area contributed by atoms with E-state index in [2.05, 4.69) is 10.2 Å². The van der Waals surface area contributed by atoms with Gasteiger partial charge in [-0.1, -0.05) is 12.1 Å². The second-order valence-corrected chi connectivity index (χ2v) is 5.90. The molecule has 1 aliphatic rings. The summed E-state index contributed by atoms with van der Waals surface area (Å²) >= 11 is 0. The lowest BCUT2D eigenvalue weighted by atomic mass is 9.92. The molecular weight excluding hydrogens is 305 g/mol. The first-order chi connectivity index (χ1) is 10.0. The van der Waals surface area contributed by atoms with Gasteiger partial charge in [-0.3, -0.25) is 9.69 Å². The molecule has 1 amide bonds. The molecule has 22 heavy (non-hydrogen) atoms. The predicted octanol–water partition coefficient (Wildman–Crippen LogP) is 1.92. The molecule has 2 unspecified atom stereocenters. The summed E-state index contributed by atoms with van der Waals surface area (Å²) in [5.41, 5.74) is 6.85. The highest BCUT2D eigenvalue weighted by atomic mass is 35.5. The molecule has 4 nitrogen and oxygen atoms in total. The summed E-state index contributed by atoms with van der Waals surface area (Å²) in [5.74, 6) is 0.216. The van der Waals surface area contributed by atoms with Crippen molar-refractivity contribution in [2.45, 2.75) is 32.4 Å². The molecule has 1 fully saturated rings. The maximum atomic E-state index is 12.8. The number of nitrogens with zero attached hydrogens (tertiary/aromatic N) is 1. The fourth-order valence-electron chi connectivity index (χ4n) is 2.73. The Kier molecular flexibility index (Phi) is 7.79. The van der Waals surface area contributed by atoms with Gasteiger partial charge in [0.25, 0.3) is 0 Å². The molecule has 2 atom stereocenters. The van der Waals surface area contributed by atoms with Crippen LogP contribution < -0.4 is 11.1 Å². The summed E-state index contributed by atoms with van der Waals surface area (Å²) in [6.07, 6.45) is 2.24. The van der Waals surface area contributed by atoms with Gasteiger partial charge in [0.15, 0.2) is 0 Å². The number of benzene rings is 1. The zero-order valence-electron chi connectivity index (χ0n) is 12.9. The lowest BCUT2D eigenvalue weighted by Crippen LogP contribution is -2.46. The number of likely N-dealkylation sites (tertiary alicyclic amines) is 1. The topological polar surface area (TPSA) is 58.4 Å². The fraction of sp³-hybridized carbons (Fsp3) is 0.562. The van der Waals surface area contributed by atoms with Crippen LogP contribution in [0.5, 0.6) is 0 Å². The minimum Gasteiger partial charge on any atom is -0.351 e. The van der Waals surface area contributed by atoms with Crippen molar-refractivity contribution in [1.82, 2.24) is 10.2 Å². The number of halogens is 2. The largest absolute Gasteiger partial charge is 0.351 e. The van der Waals surface area contributed by atoms with E-state index >= 15 is 0 Å². The van der Waals surface area contributed by atoms with Crippen LogP contribution in [0.2, 0.25) is 0 Å². The first kappa shape index (κ1) is 18.9. The van der Waals surface area contributed by atoms with E-state index in [0.717, 1.165) is 31.5 Å². The molecule has 0 aromatic heterocycles. The van der Waals surface area contributed by atoms with E-state index in [1.807, 2.05) is 6.92 Å². The Morgan fingerprint density at radius 3 is 2.77 bits per heavy atom. The third-order valence-corrected chi connectivity index (χ3v) is 4.06. The zero-order valence-corrected chi connectivity index (χ0v) is 13.7. The molecule has 0 bridgehead atoms. The minimum absolute atomic E-state index is 0. The Morgan fingerprint density at radius 2 is 2.14 bits per heavy atom. The number of carbonyl (C=O) groups excluding carboxylic acids is 1. The van der Waals surface area contributed by atoms with Crippen molar-refractivity contribution >= 4 is 18.3 Å². The van der Waals surface area contributed by atoms with Gasteiger partial charge in [0.05, 0.1) is 6.54 Å². The van der Waals surface area contributed by atoms with Gasteiger partial charge in [-0.15, -0.1) is 12.4 Å². The predicted molar refractivity (Wildman–Crippen MR) is 88.3 cm³/mol. The van der Waals surface area contributed by atoms with E-state index in [1.165, 1.54) is 12.1 Å². The highest BCUT2D eigenvalue weighted by Gasteiger charge is 2.23. The number of nitrogens with two attached hydrogens (primary N) is 1. The van der Waals surface area contributed by atoms with Crippen LogP contribution in [0, 0.1) is 11.7 Å². The number of hydrogen-bond donors (Lipinski definition) is 2. The second kappa shape index (κ2) is 9.08. The summed E-state index contributed by atoms with van der Waals surface area (Å²) in [6, 6.07) is 6.35. The van der Waals surface area contributed by atoms with Gasteiger partial charge >= 0.3 is 0 Å². The molecule has 3 N–H and O–H groups in total. The average molecular weight is 330 g/mol. The van der Waals surface area contributed by atoms with Gasteiger partial charge < -0.3 is 11.1 Å². The van der Waals surface area contributed by atoms with Crippen molar-refractivity contribution in [2.24, 2.45) is 11.7 Å². The number of piperidine rings is 1. The van der Waals surface area contributed by atoms with E-state index in [0.29, 0.717) is 19.0 Å². The number of nitrogens with one attached hydrogen (secondary N) is 1. The van der Waals surface area contributed by atoms with Crippen LogP contribution in [0.3, 0.4) is 0 Å². The second-order valence-electron chi connectivity index (χ2n) is 5.90. The fourth-order valence-corrected chi connectivity index (χ4v) is 2.73. The van der Waals surface area contributed by atoms with Gasteiger partial charge in [0, 0.05) is 19.1 Å². The van der Waals surface area contributed by atoms with Crippen LogP contribution in [0.1, 0.15) is 25.3 Å². The van der Waals surface area contributed by atoms with Crippen LogP contribution in [0.15, 0.2) is 24.3 Å². The molecule has 1 aromatic carbocycles. The highest BCUT2D eigenvalue weighted by molar-refractivity contribution is 5.85. The third kappa shape index (κ3) is 5.91. The lowest BCUT2D eigenvalue weighted by molar-refractivity contribution is -0.122. The number of rotatable bonds is 5. The SMILES string of the molecule is CC(N)C1CCCN(CC(=O)NCc2ccc(F)cc2)C1.Cl. The van der Waals surface area contributed by atoms with Gasteiger partial charge in [-0.2, -0.15) is 0 Å². The maximum absolute atomic E-state index is 12.8. The van der Waals surface area contributed by atoms with Crippen molar-refractivity contribution in [3.8, 4) is 0 Å². The van der Waals surface area contributed by atoms with Crippen LogP contribution in [-0.4, -0.2) is 36.5 Å². The minimum atomic E-state index is -0.264. The molecule has 0 radical (unpaired) electrons. The van der Waals surface area contributed by atoms with E-state index < -0.39 is 0 Å². The standard InChI is InChI=1S/C16H24FN3O.ClH/c1-12(18)14-3-2-8-20(10-14)11-16(21)19-9-13-4-6-15(17)7-5-13;/h4-7,12,14H,2-3,8-11,18H2,1H3,(H,19,21);1H. The van der Waals surface area contributed by atoms with Crippen molar-refractivity contribution in [3.05, 3.63) is 35.6 Å². The lowest BCUT2D eigenvalue weighted by Gasteiger charge is -2.34. The molecule has 124 valence electrons. The monoisotopic (exact) mass is 329 g/mol. The molecule has 2 rings (SSSR count). The van der Waals surface area contributed by atoms with E-state index in [9.17, 15) is 9.18 Å². The number of carbonyl (C=O) groups is 1. The Hall–Kier alpha value is -1.17.